The summed E-state index contributed by atoms with van der Waals surface area (Å²) >= 11 is 0. The van der Waals surface area contributed by atoms with E-state index in [4.69, 9.17) is 2.80 Å². The highest BCUT2D eigenvalue weighted by molar-refractivity contribution is 4.72. The number of hydrogen-bond acceptors (Lipinski definition) is 1. The van der Waals surface area contributed by atoms with Gasteiger partial charge in [-0.15, -0.1) is 0 Å². The maximum Gasteiger partial charge on any atom is 0.423 e. The van der Waals surface area contributed by atoms with Crippen LogP contribution in [0.25, 0.3) is 0 Å². The Morgan fingerprint density at radius 1 is 1.10 bits per heavy atom. The summed E-state index contributed by atoms with van der Waals surface area (Å²) in [5, 5.41) is 2.33. The predicted octanol–water partition coefficient (Wildman–Crippen LogP) is 1.47. The minimum absolute atomic E-state index is 2.33. The standard InChI is InChI=1S/C3H2F6O/c4-2(5,6)1(10)3(7,8)9/h1,10H/i1D,10D. The molecule has 0 heterocycles. The molecule has 0 rings (SSSR count). The summed E-state index contributed by atoms with van der Waals surface area (Å²) in [6, 6.07) is 0. The van der Waals surface area contributed by atoms with Crippen molar-refractivity contribution in [3.8, 4) is 0 Å². The Kier molecular flexibility index (Phi) is 1.44. The van der Waals surface area contributed by atoms with Crippen LogP contribution in [0.5, 0.6) is 0 Å². The third-order valence-electron chi connectivity index (χ3n) is 0.515. The van der Waals surface area contributed by atoms with E-state index in [-0.39, 0.29) is 0 Å². The Morgan fingerprint density at radius 2 is 1.40 bits per heavy atom. The first-order valence-corrected chi connectivity index (χ1v) is 1.84. The first kappa shape index (κ1) is 6.26. The van der Waals surface area contributed by atoms with E-state index in [1.54, 1.807) is 0 Å². The third-order valence-corrected chi connectivity index (χ3v) is 0.515. The summed E-state index contributed by atoms with van der Waals surface area (Å²) in [5.74, 6) is 0. The molecule has 7 heteroatoms. The van der Waals surface area contributed by atoms with Gasteiger partial charge in [0.1, 0.15) is 0 Å². The lowest BCUT2D eigenvalue weighted by molar-refractivity contribution is -0.308. The molecule has 1 N–H and O–H groups in total. The Labute approximate surface area is 54.2 Å². The smallest absolute Gasteiger partial charge is 0.377 e. The topological polar surface area (TPSA) is 20.2 Å². The summed E-state index contributed by atoms with van der Waals surface area (Å²) in [6.07, 6.45) is -17.1. The number of aliphatic hydroxyl groups is 1. The Balaban J connectivity index is 4.95. The molecule has 1 nitrogen and oxygen atoms in total. The molecule has 0 saturated heterocycles. The van der Waals surface area contributed by atoms with Gasteiger partial charge in [-0.2, -0.15) is 26.3 Å². The molecule has 0 amide bonds. The molecule has 10 heavy (non-hydrogen) atoms. The minimum atomic E-state index is -5.98. The minimum Gasteiger partial charge on any atom is -0.377 e. The van der Waals surface area contributed by atoms with Crippen molar-refractivity contribution in [3.63, 3.8) is 0 Å². The van der Waals surface area contributed by atoms with Crippen molar-refractivity contribution >= 4 is 0 Å². The molecule has 0 aliphatic rings. The van der Waals surface area contributed by atoms with Gasteiger partial charge in [0.05, 0.1) is 1.37 Å². The van der Waals surface area contributed by atoms with Crippen LogP contribution in [-0.4, -0.2) is 25.0 Å². The van der Waals surface area contributed by atoms with Crippen molar-refractivity contribution in [3.05, 3.63) is 0 Å². The van der Waals surface area contributed by atoms with Crippen LogP contribution in [0.1, 0.15) is 1.37 Å². The molecule has 0 saturated carbocycles. The highest BCUT2D eigenvalue weighted by atomic mass is 19.4. The quantitative estimate of drug-likeness (QED) is 0.591. The number of hydrogen-bond donors (Lipinski definition) is 1. The van der Waals surface area contributed by atoms with Crippen LogP contribution in [-0.2, 0) is 0 Å². The van der Waals surface area contributed by atoms with Crippen LogP contribution in [0.3, 0.4) is 0 Å². The zero-order valence-electron chi connectivity index (χ0n) is 6.18. The van der Waals surface area contributed by atoms with Gasteiger partial charge in [0, 0.05) is 0 Å². The second-order valence-electron chi connectivity index (χ2n) is 1.32. The molecular weight excluding hydrogens is 166 g/mol. The van der Waals surface area contributed by atoms with Gasteiger partial charge in [-0.1, -0.05) is 0 Å². The van der Waals surface area contributed by atoms with Crippen LogP contribution >= 0.6 is 0 Å². The second-order valence-corrected chi connectivity index (χ2v) is 1.32. The average molecular weight is 170 g/mol. The van der Waals surface area contributed by atoms with Gasteiger partial charge < -0.3 is 5.11 Å². The van der Waals surface area contributed by atoms with Crippen molar-refractivity contribution in [2.45, 2.75) is 18.4 Å². The van der Waals surface area contributed by atoms with Gasteiger partial charge in [0.2, 0.25) is 7.51 Å². The van der Waals surface area contributed by atoms with Gasteiger partial charge in [-0.25, -0.2) is 0 Å². The van der Waals surface area contributed by atoms with Gasteiger partial charge in [-0.3, -0.25) is 0 Å². The molecule has 62 valence electrons. The normalized spacial score (nSPS) is 18.2. The van der Waals surface area contributed by atoms with Gasteiger partial charge in [0.25, 0.3) is 0 Å². The summed E-state index contributed by atoms with van der Waals surface area (Å²) in [7, 11) is 0. The van der Waals surface area contributed by atoms with Gasteiger partial charge in [-0.05, 0) is 0 Å². The van der Waals surface area contributed by atoms with Crippen molar-refractivity contribution < 1.29 is 32.8 Å². The lowest BCUT2D eigenvalue weighted by atomic mass is 10.3. The van der Waals surface area contributed by atoms with Gasteiger partial charge >= 0.3 is 12.4 Å². The molecule has 0 aliphatic carbocycles. The lowest BCUT2D eigenvalue weighted by Gasteiger charge is -2.16. The van der Waals surface area contributed by atoms with E-state index >= 15 is 0 Å². The highest BCUT2D eigenvalue weighted by Crippen LogP contribution is 2.32. The molecule has 0 spiro atoms. The van der Waals surface area contributed by atoms with E-state index in [0.717, 1.165) is 0 Å². The van der Waals surface area contributed by atoms with Crippen LogP contribution in [0.4, 0.5) is 26.3 Å². The fourth-order valence-corrected chi connectivity index (χ4v) is 0.161. The molecule has 0 aliphatic heterocycles. The summed E-state index contributed by atoms with van der Waals surface area (Å²) in [6.45, 7) is 0. The fraction of sp³-hybridized carbons (Fsp3) is 1.00. The van der Waals surface area contributed by atoms with E-state index in [1.165, 1.54) is 0 Å². The van der Waals surface area contributed by atoms with Crippen molar-refractivity contribution in [1.29, 1.82) is 1.43 Å². The molecule has 0 aromatic rings. The second kappa shape index (κ2) is 2.30. The van der Waals surface area contributed by atoms with Crippen molar-refractivity contribution in [2.24, 2.45) is 0 Å². The maximum absolute atomic E-state index is 11.4. The van der Waals surface area contributed by atoms with E-state index < -0.39 is 18.4 Å². The van der Waals surface area contributed by atoms with E-state index in [1.807, 2.05) is 0 Å². The highest BCUT2D eigenvalue weighted by Gasteiger charge is 2.55. The first-order chi connectivity index (χ1) is 5.06. The fourth-order valence-electron chi connectivity index (χ4n) is 0.161. The molecule has 0 atom stereocenters. The van der Waals surface area contributed by atoms with E-state index in [0.29, 0.717) is 0 Å². The molecular formula is C3H2F6O. The zero-order chi connectivity index (χ0) is 10.2. The van der Waals surface area contributed by atoms with Crippen molar-refractivity contribution in [1.82, 2.24) is 0 Å². The molecule has 0 radical (unpaired) electrons. The third kappa shape index (κ3) is 2.42. The Bertz CT molecular complexity index is 147. The van der Waals surface area contributed by atoms with Crippen LogP contribution in [0.2, 0.25) is 0 Å². The largest absolute Gasteiger partial charge is 0.423 e. The van der Waals surface area contributed by atoms with Crippen LogP contribution in [0.15, 0.2) is 0 Å². The number of halogens is 6. The van der Waals surface area contributed by atoms with Crippen LogP contribution < -0.4 is 0 Å². The van der Waals surface area contributed by atoms with Crippen molar-refractivity contribution in [2.75, 3.05) is 0 Å². The maximum atomic E-state index is 11.4. The zero-order valence-corrected chi connectivity index (χ0v) is 4.18. The summed E-state index contributed by atoms with van der Waals surface area (Å²) in [4.78, 5) is 0. The Hall–Kier alpha value is -0.460. The van der Waals surface area contributed by atoms with Crippen LogP contribution in [0, 0.1) is 0 Å². The number of alkyl halides is 6. The summed E-state index contributed by atoms with van der Waals surface area (Å²) in [5.41, 5.74) is 0. The first-order valence-electron chi connectivity index (χ1n) is 2.75. The molecule has 0 aromatic heterocycles. The summed E-state index contributed by atoms with van der Waals surface area (Å²) < 4.78 is 80.0. The molecule has 0 unspecified atom stereocenters. The molecule has 0 fully saturated rings. The SMILES string of the molecule is [2H]OC([2H])(C(F)(F)F)C(F)(F)F. The monoisotopic (exact) mass is 170 g/mol. The average Bonchev–Trinajstić information content (AvgIpc) is 1.81. The number of rotatable bonds is 1. The molecule has 0 bridgehead atoms. The lowest BCUT2D eigenvalue weighted by Crippen LogP contribution is -2.41. The van der Waals surface area contributed by atoms with E-state index in [2.05, 4.69) is 5.11 Å². The Morgan fingerprint density at radius 3 is 1.40 bits per heavy atom. The molecule has 0 aromatic carbocycles. The van der Waals surface area contributed by atoms with Gasteiger partial charge in [0.15, 0.2) is 0 Å². The van der Waals surface area contributed by atoms with E-state index in [9.17, 15) is 26.3 Å². The predicted molar refractivity (Wildman–Crippen MR) is 18.1 cm³/mol.